The summed E-state index contributed by atoms with van der Waals surface area (Å²) < 4.78 is 5.18. The number of anilines is 1. The second-order valence-electron chi connectivity index (χ2n) is 6.35. The van der Waals surface area contributed by atoms with Crippen LogP contribution in [0.2, 0.25) is 0 Å². The van der Waals surface area contributed by atoms with Crippen LogP contribution in [0.25, 0.3) is 0 Å². The van der Waals surface area contributed by atoms with Gasteiger partial charge in [-0.2, -0.15) is 0 Å². The summed E-state index contributed by atoms with van der Waals surface area (Å²) in [7, 11) is 0. The third kappa shape index (κ3) is 5.17. The zero-order valence-electron chi connectivity index (χ0n) is 13.8. The highest BCUT2D eigenvalue weighted by Gasteiger charge is 2.18. The van der Waals surface area contributed by atoms with Crippen molar-refractivity contribution in [1.29, 1.82) is 0 Å². The molecule has 2 heterocycles. The van der Waals surface area contributed by atoms with Crippen LogP contribution < -0.4 is 10.6 Å². The van der Waals surface area contributed by atoms with Crippen LogP contribution in [0.5, 0.6) is 0 Å². The quantitative estimate of drug-likeness (QED) is 0.856. The number of amides is 3. The van der Waals surface area contributed by atoms with Crippen molar-refractivity contribution in [3.8, 4) is 0 Å². The van der Waals surface area contributed by atoms with Gasteiger partial charge in [-0.1, -0.05) is 20.8 Å². The molecular formula is C15H23N5O3. The van der Waals surface area contributed by atoms with Gasteiger partial charge in [0.15, 0.2) is 0 Å². The number of carbonyl (C=O) groups is 2. The van der Waals surface area contributed by atoms with Gasteiger partial charge in [-0.25, -0.2) is 14.8 Å². The van der Waals surface area contributed by atoms with Crippen molar-refractivity contribution in [3.63, 3.8) is 0 Å². The molecule has 8 nitrogen and oxygen atoms in total. The van der Waals surface area contributed by atoms with Crippen molar-refractivity contribution in [2.45, 2.75) is 26.2 Å². The largest absolute Gasteiger partial charge is 0.378 e. The number of nitrogens with one attached hydrogen (secondary N) is 2. The average molecular weight is 321 g/mol. The van der Waals surface area contributed by atoms with Gasteiger partial charge in [-0.15, -0.1) is 0 Å². The molecule has 1 aliphatic rings. The number of hydrogen-bond acceptors (Lipinski definition) is 5. The summed E-state index contributed by atoms with van der Waals surface area (Å²) in [5.74, 6) is 0.578. The molecule has 1 aromatic heterocycles. The molecule has 0 aliphatic carbocycles. The maximum Gasteiger partial charge on any atom is 0.319 e. The highest BCUT2D eigenvalue weighted by Crippen LogP contribution is 2.18. The van der Waals surface area contributed by atoms with Gasteiger partial charge in [0, 0.05) is 18.5 Å². The van der Waals surface area contributed by atoms with E-state index < -0.39 is 6.03 Å². The van der Waals surface area contributed by atoms with Crippen molar-refractivity contribution < 1.29 is 14.3 Å². The first-order valence-corrected chi connectivity index (χ1v) is 7.59. The second-order valence-corrected chi connectivity index (χ2v) is 6.35. The molecule has 0 spiro atoms. The fourth-order valence-electron chi connectivity index (χ4n) is 2.04. The molecule has 1 aliphatic heterocycles. The molecule has 0 saturated carbocycles. The van der Waals surface area contributed by atoms with Gasteiger partial charge in [-0.05, 0) is 0 Å². The zero-order valence-corrected chi connectivity index (χ0v) is 13.8. The third-order valence-electron chi connectivity index (χ3n) is 3.34. The Kier molecular flexibility index (Phi) is 5.49. The molecule has 8 heteroatoms. The van der Waals surface area contributed by atoms with Gasteiger partial charge >= 0.3 is 6.03 Å². The lowest BCUT2D eigenvalue weighted by Gasteiger charge is -2.26. The maximum absolute atomic E-state index is 11.9. The van der Waals surface area contributed by atoms with Crippen molar-refractivity contribution in [2.75, 3.05) is 38.2 Å². The first-order chi connectivity index (χ1) is 10.9. The molecule has 2 rings (SSSR count). The van der Waals surface area contributed by atoms with Crippen LogP contribution in [0.15, 0.2) is 12.4 Å². The van der Waals surface area contributed by atoms with E-state index in [0.717, 1.165) is 0 Å². The lowest BCUT2D eigenvalue weighted by atomic mass is 9.96. The standard InChI is InChI=1S/C15H23N5O3/c1-15(2,3)13-16-8-11(9-17-13)19-14(22)18-10-12(21)20-4-6-23-7-5-20/h8-9H,4-7,10H2,1-3H3,(H2,18,19,22). The van der Waals surface area contributed by atoms with E-state index in [1.165, 1.54) is 0 Å². The smallest absolute Gasteiger partial charge is 0.319 e. The number of carbonyl (C=O) groups excluding carboxylic acids is 2. The predicted molar refractivity (Wildman–Crippen MR) is 85.2 cm³/mol. The number of morpholine rings is 1. The van der Waals surface area contributed by atoms with Gasteiger partial charge < -0.3 is 20.3 Å². The van der Waals surface area contributed by atoms with E-state index >= 15 is 0 Å². The Morgan fingerprint density at radius 1 is 1.22 bits per heavy atom. The Labute approximate surface area is 135 Å². The van der Waals surface area contributed by atoms with E-state index in [-0.39, 0.29) is 17.9 Å². The Morgan fingerprint density at radius 3 is 2.39 bits per heavy atom. The average Bonchev–Trinajstić information content (AvgIpc) is 2.53. The molecule has 23 heavy (non-hydrogen) atoms. The van der Waals surface area contributed by atoms with Crippen LogP contribution in [0.1, 0.15) is 26.6 Å². The Hall–Kier alpha value is -2.22. The Balaban J connectivity index is 1.79. The topological polar surface area (TPSA) is 96.5 Å². The molecule has 0 bridgehead atoms. The van der Waals surface area contributed by atoms with Crippen molar-refractivity contribution in [1.82, 2.24) is 20.2 Å². The van der Waals surface area contributed by atoms with E-state index in [4.69, 9.17) is 4.74 Å². The summed E-state index contributed by atoms with van der Waals surface area (Å²) in [6.45, 7) is 8.18. The van der Waals surface area contributed by atoms with Crippen molar-refractivity contribution in [2.24, 2.45) is 0 Å². The molecule has 1 saturated heterocycles. The van der Waals surface area contributed by atoms with Gasteiger partial charge in [0.05, 0.1) is 37.8 Å². The number of nitrogens with zero attached hydrogens (tertiary/aromatic N) is 3. The molecule has 0 radical (unpaired) electrons. The van der Waals surface area contributed by atoms with Crippen LogP contribution in [0.4, 0.5) is 10.5 Å². The fourth-order valence-corrected chi connectivity index (χ4v) is 2.04. The zero-order chi connectivity index (χ0) is 16.9. The second kappa shape index (κ2) is 7.36. The SMILES string of the molecule is CC(C)(C)c1ncc(NC(=O)NCC(=O)N2CCOCC2)cn1. The Morgan fingerprint density at radius 2 is 1.83 bits per heavy atom. The fraction of sp³-hybridized carbons (Fsp3) is 0.600. The summed E-state index contributed by atoms with van der Waals surface area (Å²) in [5, 5.41) is 5.14. The normalized spacial score (nSPS) is 15.2. The minimum absolute atomic E-state index is 0.0488. The van der Waals surface area contributed by atoms with Crippen LogP contribution in [-0.4, -0.2) is 59.7 Å². The molecule has 2 N–H and O–H groups in total. The maximum atomic E-state index is 11.9. The van der Waals surface area contributed by atoms with E-state index in [1.54, 1.807) is 17.3 Å². The minimum atomic E-state index is -0.460. The lowest BCUT2D eigenvalue weighted by molar-refractivity contribution is -0.134. The molecular weight excluding hydrogens is 298 g/mol. The molecule has 126 valence electrons. The first kappa shape index (κ1) is 17.1. The van der Waals surface area contributed by atoms with Gasteiger partial charge in [0.2, 0.25) is 5.91 Å². The molecule has 3 amide bonds. The van der Waals surface area contributed by atoms with Gasteiger partial charge in [0.25, 0.3) is 0 Å². The van der Waals surface area contributed by atoms with Crippen LogP contribution in [0.3, 0.4) is 0 Å². The van der Waals surface area contributed by atoms with E-state index in [0.29, 0.717) is 37.8 Å². The van der Waals surface area contributed by atoms with Crippen LogP contribution in [-0.2, 0) is 14.9 Å². The van der Waals surface area contributed by atoms with E-state index in [9.17, 15) is 9.59 Å². The third-order valence-corrected chi connectivity index (χ3v) is 3.34. The van der Waals surface area contributed by atoms with E-state index in [2.05, 4.69) is 20.6 Å². The Bertz CT molecular complexity index is 547. The summed E-state index contributed by atoms with van der Waals surface area (Å²) in [6.07, 6.45) is 3.11. The summed E-state index contributed by atoms with van der Waals surface area (Å²) in [6, 6.07) is -0.460. The molecule has 1 aromatic rings. The minimum Gasteiger partial charge on any atom is -0.378 e. The number of aromatic nitrogens is 2. The molecule has 0 aromatic carbocycles. The number of rotatable bonds is 3. The summed E-state index contributed by atoms with van der Waals surface area (Å²) in [4.78, 5) is 33.9. The predicted octanol–water partition coefficient (Wildman–Crippen LogP) is 0.754. The van der Waals surface area contributed by atoms with Gasteiger partial charge in [0.1, 0.15) is 5.82 Å². The number of ether oxygens (including phenoxy) is 1. The number of urea groups is 1. The van der Waals surface area contributed by atoms with Crippen LogP contribution >= 0.6 is 0 Å². The van der Waals surface area contributed by atoms with Crippen LogP contribution in [0, 0.1) is 0 Å². The summed E-state index contributed by atoms with van der Waals surface area (Å²) >= 11 is 0. The highest BCUT2D eigenvalue weighted by atomic mass is 16.5. The lowest BCUT2D eigenvalue weighted by Crippen LogP contribution is -2.46. The van der Waals surface area contributed by atoms with Crippen molar-refractivity contribution >= 4 is 17.6 Å². The van der Waals surface area contributed by atoms with Crippen molar-refractivity contribution in [3.05, 3.63) is 18.2 Å². The summed E-state index contributed by atoms with van der Waals surface area (Å²) in [5.41, 5.74) is 0.333. The monoisotopic (exact) mass is 321 g/mol. The first-order valence-electron chi connectivity index (χ1n) is 7.59. The van der Waals surface area contributed by atoms with E-state index in [1.807, 2.05) is 20.8 Å². The number of hydrogen-bond donors (Lipinski definition) is 2. The molecule has 1 fully saturated rings. The molecule has 0 atom stereocenters. The highest BCUT2D eigenvalue weighted by molar-refractivity contribution is 5.92. The van der Waals surface area contributed by atoms with Gasteiger partial charge in [-0.3, -0.25) is 4.79 Å². The molecule has 0 unspecified atom stereocenters.